The standard InChI is InChI=1S/C21H24F3N5O/c22-21(23,24)17-6-4-16(5-7-17)20(30)29-12-10-28(11-13-29)19-14-18(25-15-26-19)27-8-2-1-3-9-27/h4-7,14-15H,1-3,8-13H2. The number of alkyl halides is 3. The molecule has 3 heterocycles. The summed E-state index contributed by atoms with van der Waals surface area (Å²) in [5.41, 5.74) is -0.483. The van der Waals surface area contributed by atoms with Crippen molar-refractivity contribution in [3.8, 4) is 0 Å². The molecule has 0 aliphatic carbocycles. The molecule has 9 heteroatoms. The molecule has 1 aromatic heterocycles. The summed E-state index contributed by atoms with van der Waals surface area (Å²) in [5, 5.41) is 0. The Labute approximate surface area is 173 Å². The van der Waals surface area contributed by atoms with E-state index in [1.54, 1.807) is 11.2 Å². The second-order valence-corrected chi connectivity index (χ2v) is 7.64. The fraction of sp³-hybridized carbons (Fsp3) is 0.476. The number of halogens is 3. The Hall–Kier alpha value is -2.84. The van der Waals surface area contributed by atoms with Crippen LogP contribution in [0.15, 0.2) is 36.7 Å². The summed E-state index contributed by atoms with van der Waals surface area (Å²) in [4.78, 5) is 27.5. The highest BCUT2D eigenvalue weighted by molar-refractivity contribution is 5.94. The second-order valence-electron chi connectivity index (χ2n) is 7.64. The molecule has 0 bridgehead atoms. The van der Waals surface area contributed by atoms with Gasteiger partial charge in [0, 0.05) is 50.9 Å². The molecule has 0 atom stereocenters. The van der Waals surface area contributed by atoms with E-state index in [9.17, 15) is 18.0 Å². The number of aromatic nitrogens is 2. The first-order valence-electron chi connectivity index (χ1n) is 10.2. The van der Waals surface area contributed by atoms with Crippen molar-refractivity contribution in [1.29, 1.82) is 0 Å². The first-order valence-corrected chi connectivity index (χ1v) is 10.2. The van der Waals surface area contributed by atoms with Crippen LogP contribution < -0.4 is 9.80 Å². The van der Waals surface area contributed by atoms with Crippen molar-refractivity contribution in [3.05, 3.63) is 47.8 Å². The van der Waals surface area contributed by atoms with E-state index < -0.39 is 11.7 Å². The van der Waals surface area contributed by atoms with Gasteiger partial charge in [0.25, 0.3) is 5.91 Å². The molecule has 0 spiro atoms. The number of piperazine rings is 1. The Morgan fingerprint density at radius 2 is 1.37 bits per heavy atom. The predicted molar refractivity (Wildman–Crippen MR) is 108 cm³/mol. The largest absolute Gasteiger partial charge is 0.416 e. The van der Waals surface area contributed by atoms with Crippen molar-refractivity contribution >= 4 is 17.5 Å². The van der Waals surface area contributed by atoms with Crippen molar-refractivity contribution in [2.75, 3.05) is 49.1 Å². The lowest BCUT2D eigenvalue weighted by Gasteiger charge is -2.36. The summed E-state index contributed by atoms with van der Waals surface area (Å²) in [7, 11) is 0. The van der Waals surface area contributed by atoms with Crippen LogP contribution in [0.1, 0.15) is 35.2 Å². The van der Waals surface area contributed by atoms with Crippen LogP contribution in [-0.4, -0.2) is 60.0 Å². The van der Waals surface area contributed by atoms with E-state index in [-0.39, 0.29) is 11.5 Å². The lowest BCUT2D eigenvalue weighted by molar-refractivity contribution is -0.137. The molecule has 2 saturated heterocycles. The number of piperidine rings is 1. The highest BCUT2D eigenvalue weighted by Crippen LogP contribution is 2.29. The van der Waals surface area contributed by atoms with E-state index in [2.05, 4.69) is 19.8 Å². The molecule has 2 aliphatic heterocycles. The van der Waals surface area contributed by atoms with Gasteiger partial charge in [0.15, 0.2) is 0 Å². The number of amides is 1. The summed E-state index contributed by atoms with van der Waals surface area (Å²) >= 11 is 0. The molecule has 1 amide bonds. The molecular weight excluding hydrogens is 395 g/mol. The number of carbonyl (C=O) groups excluding carboxylic acids is 1. The van der Waals surface area contributed by atoms with E-state index in [1.807, 2.05) is 6.07 Å². The Morgan fingerprint density at radius 3 is 1.93 bits per heavy atom. The van der Waals surface area contributed by atoms with Gasteiger partial charge in [-0.3, -0.25) is 4.79 Å². The average Bonchev–Trinajstić information content (AvgIpc) is 2.79. The molecule has 2 aliphatic rings. The molecule has 1 aromatic carbocycles. The topological polar surface area (TPSA) is 52.6 Å². The summed E-state index contributed by atoms with van der Waals surface area (Å²) in [6.07, 6.45) is 0.772. The molecule has 30 heavy (non-hydrogen) atoms. The zero-order valence-electron chi connectivity index (χ0n) is 16.6. The Morgan fingerprint density at radius 1 is 0.800 bits per heavy atom. The van der Waals surface area contributed by atoms with E-state index in [0.29, 0.717) is 26.2 Å². The quantitative estimate of drug-likeness (QED) is 0.763. The molecule has 0 radical (unpaired) electrons. The summed E-state index contributed by atoms with van der Waals surface area (Å²) < 4.78 is 38.1. The van der Waals surface area contributed by atoms with E-state index in [1.165, 1.54) is 31.4 Å². The first-order chi connectivity index (χ1) is 14.4. The monoisotopic (exact) mass is 419 g/mol. The molecule has 2 aromatic rings. The predicted octanol–water partition coefficient (Wildman–Crippen LogP) is 3.45. The lowest BCUT2D eigenvalue weighted by atomic mass is 10.1. The Bertz CT molecular complexity index is 873. The van der Waals surface area contributed by atoms with Crippen LogP contribution in [0.5, 0.6) is 0 Å². The Balaban J connectivity index is 1.37. The van der Waals surface area contributed by atoms with Gasteiger partial charge in [0.05, 0.1) is 5.56 Å². The van der Waals surface area contributed by atoms with Gasteiger partial charge in [-0.15, -0.1) is 0 Å². The maximum absolute atomic E-state index is 12.7. The molecule has 0 saturated carbocycles. The number of hydrogen-bond acceptors (Lipinski definition) is 5. The number of nitrogens with zero attached hydrogens (tertiary/aromatic N) is 5. The van der Waals surface area contributed by atoms with Crippen molar-refractivity contribution in [1.82, 2.24) is 14.9 Å². The summed E-state index contributed by atoms with van der Waals surface area (Å²) in [5.74, 6) is 1.52. The average molecular weight is 419 g/mol. The molecule has 4 rings (SSSR count). The number of benzene rings is 1. The molecule has 160 valence electrons. The zero-order chi connectivity index (χ0) is 21.1. The van der Waals surface area contributed by atoms with E-state index in [0.717, 1.165) is 36.9 Å². The van der Waals surface area contributed by atoms with Crippen LogP contribution >= 0.6 is 0 Å². The van der Waals surface area contributed by atoms with Crippen LogP contribution in [0.2, 0.25) is 0 Å². The fourth-order valence-corrected chi connectivity index (χ4v) is 3.93. The fourth-order valence-electron chi connectivity index (χ4n) is 3.93. The summed E-state index contributed by atoms with van der Waals surface area (Å²) in [6.45, 7) is 4.22. The SMILES string of the molecule is O=C(c1ccc(C(F)(F)F)cc1)N1CCN(c2cc(N3CCCCC3)ncn2)CC1. The highest BCUT2D eigenvalue weighted by Gasteiger charge is 2.31. The van der Waals surface area contributed by atoms with Crippen molar-refractivity contribution in [2.24, 2.45) is 0 Å². The highest BCUT2D eigenvalue weighted by atomic mass is 19.4. The first kappa shape index (κ1) is 20.4. The second kappa shape index (κ2) is 8.49. The van der Waals surface area contributed by atoms with Crippen molar-refractivity contribution in [2.45, 2.75) is 25.4 Å². The van der Waals surface area contributed by atoms with Gasteiger partial charge in [0.1, 0.15) is 18.0 Å². The maximum atomic E-state index is 12.7. The Kier molecular flexibility index (Phi) is 5.78. The van der Waals surface area contributed by atoms with Crippen molar-refractivity contribution < 1.29 is 18.0 Å². The van der Waals surface area contributed by atoms with Crippen LogP contribution in [0.25, 0.3) is 0 Å². The smallest absolute Gasteiger partial charge is 0.356 e. The van der Waals surface area contributed by atoms with Gasteiger partial charge < -0.3 is 14.7 Å². The van der Waals surface area contributed by atoms with Gasteiger partial charge in [-0.05, 0) is 43.5 Å². The minimum atomic E-state index is -4.40. The minimum Gasteiger partial charge on any atom is -0.356 e. The number of anilines is 2. The number of carbonyl (C=O) groups is 1. The van der Waals surface area contributed by atoms with Gasteiger partial charge in [-0.25, -0.2) is 9.97 Å². The third-order valence-electron chi connectivity index (χ3n) is 5.67. The van der Waals surface area contributed by atoms with Gasteiger partial charge in [0.2, 0.25) is 0 Å². The normalized spacial score (nSPS) is 17.9. The molecule has 2 fully saturated rings. The van der Waals surface area contributed by atoms with Crippen LogP contribution in [0.4, 0.5) is 24.8 Å². The number of hydrogen-bond donors (Lipinski definition) is 0. The molecule has 6 nitrogen and oxygen atoms in total. The van der Waals surface area contributed by atoms with Crippen LogP contribution in [0, 0.1) is 0 Å². The third-order valence-corrected chi connectivity index (χ3v) is 5.67. The zero-order valence-corrected chi connectivity index (χ0v) is 16.6. The van der Waals surface area contributed by atoms with Gasteiger partial charge in [-0.2, -0.15) is 13.2 Å². The molecular formula is C21H24F3N5O. The van der Waals surface area contributed by atoms with Gasteiger partial charge in [-0.1, -0.05) is 0 Å². The van der Waals surface area contributed by atoms with E-state index in [4.69, 9.17) is 0 Å². The minimum absolute atomic E-state index is 0.250. The third kappa shape index (κ3) is 4.49. The van der Waals surface area contributed by atoms with Crippen LogP contribution in [-0.2, 0) is 6.18 Å². The van der Waals surface area contributed by atoms with E-state index >= 15 is 0 Å². The molecule has 0 unspecified atom stereocenters. The maximum Gasteiger partial charge on any atom is 0.416 e. The van der Waals surface area contributed by atoms with Crippen molar-refractivity contribution in [3.63, 3.8) is 0 Å². The van der Waals surface area contributed by atoms with Gasteiger partial charge >= 0.3 is 6.18 Å². The van der Waals surface area contributed by atoms with Crippen LogP contribution in [0.3, 0.4) is 0 Å². The molecule has 0 N–H and O–H groups in total. The summed E-state index contributed by atoms with van der Waals surface area (Å²) in [6, 6.07) is 6.39. The number of rotatable bonds is 3. The lowest BCUT2D eigenvalue weighted by Crippen LogP contribution is -2.49.